The first-order valence-electron chi connectivity index (χ1n) is 6.23. The molecule has 0 heterocycles. The molecule has 1 amide bonds. The van der Waals surface area contributed by atoms with Crippen molar-refractivity contribution in [2.45, 2.75) is 41.5 Å². The Morgan fingerprint density at radius 2 is 1.75 bits per heavy atom. The molecule has 0 aliphatic rings. The van der Waals surface area contributed by atoms with Gasteiger partial charge in [-0.2, -0.15) is 0 Å². The summed E-state index contributed by atoms with van der Waals surface area (Å²) in [7, 11) is 0. The molecule has 0 bridgehead atoms. The van der Waals surface area contributed by atoms with Crippen LogP contribution in [-0.4, -0.2) is 25.7 Å². The van der Waals surface area contributed by atoms with Crippen LogP contribution in [0.15, 0.2) is 0 Å². The van der Waals surface area contributed by atoms with Crippen LogP contribution in [0.2, 0.25) is 0 Å². The lowest BCUT2D eigenvalue weighted by atomic mass is 9.70. The zero-order valence-corrected chi connectivity index (χ0v) is 11.6. The summed E-state index contributed by atoms with van der Waals surface area (Å²) in [4.78, 5) is 12.1. The smallest absolute Gasteiger partial charge is 0.226 e. The molecule has 16 heavy (non-hydrogen) atoms. The van der Waals surface area contributed by atoms with Crippen molar-refractivity contribution in [2.24, 2.45) is 17.3 Å². The lowest BCUT2D eigenvalue weighted by molar-refractivity contribution is -0.135. The fourth-order valence-corrected chi connectivity index (χ4v) is 1.76. The predicted molar refractivity (Wildman–Crippen MR) is 67.3 cm³/mol. The normalized spacial score (nSPS) is 12.2. The van der Waals surface area contributed by atoms with E-state index >= 15 is 0 Å². The summed E-state index contributed by atoms with van der Waals surface area (Å²) in [5, 5.41) is 2.96. The highest BCUT2D eigenvalue weighted by Crippen LogP contribution is 2.35. The number of nitrogens with one attached hydrogen (secondary N) is 1. The molecule has 0 radical (unpaired) electrons. The minimum atomic E-state index is -0.299. The first-order valence-corrected chi connectivity index (χ1v) is 6.23. The SMILES string of the molecule is CCOCCNC(=O)C(C)(C(C)C)C(C)C. The van der Waals surface area contributed by atoms with E-state index in [0.29, 0.717) is 31.6 Å². The quantitative estimate of drug-likeness (QED) is 0.681. The molecule has 0 saturated heterocycles. The van der Waals surface area contributed by atoms with Gasteiger partial charge in [0.1, 0.15) is 0 Å². The maximum Gasteiger partial charge on any atom is 0.226 e. The molecule has 0 saturated carbocycles. The van der Waals surface area contributed by atoms with Crippen LogP contribution in [0, 0.1) is 17.3 Å². The van der Waals surface area contributed by atoms with Crippen LogP contribution in [0.25, 0.3) is 0 Å². The molecule has 0 spiro atoms. The van der Waals surface area contributed by atoms with Gasteiger partial charge in [0, 0.05) is 13.2 Å². The lowest BCUT2D eigenvalue weighted by Gasteiger charge is -2.36. The van der Waals surface area contributed by atoms with E-state index in [1.807, 2.05) is 13.8 Å². The third-order valence-corrected chi connectivity index (χ3v) is 3.62. The van der Waals surface area contributed by atoms with Gasteiger partial charge in [-0.3, -0.25) is 4.79 Å². The van der Waals surface area contributed by atoms with Crippen LogP contribution >= 0.6 is 0 Å². The molecule has 0 aliphatic heterocycles. The highest BCUT2D eigenvalue weighted by atomic mass is 16.5. The molecule has 0 unspecified atom stereocenters. The molecule has 0 aromatic carbocycles. The average molecular weight is 229 g/mol. The summed E-state index contributed by atoms with van der Waals surface area (Å²) in [6.45, 7) is 14.3. The van der Waals surface area contributed by atoms with Crippen molar-refractivity contribution >= 4 is 5.91 Å². The molecule has 3 nitrogen and oxygen atoms in total. The molecule has 0 atom stereocenters. The lowest BCUT2D eigenvalue weighted by Crippen LogP contribution is -2.46. The number of amides is 1. The van der Waals surface area contributed by atoms with Crippen molar-refractivity contribution in [2.75, 3.05) is 19.8 Å². The van der Waals surface area contributed by atoms with Gasteiger partial charge in [-0.15, -0.1) is 0 Å². The number of carbonyl (C=O) groups is 1. The van der Waals surface area contributed by atoms with Crippen LogP contribution in [0.1, 0.15) is 41.5 Å². The maximum atomic E-state index is 12.1. The summed E-state index contributed by atoms with van der Waals surface area (Å²) >= 11 is 0. The van der Waals surface area contributed by atoms with Gasteiger partial charge in [0.05, 0.1) is 12.0 Å². The maximum absolute atomic E-state index is 12.1. The molecule has 0 fully saturated rings. The van der Waals surface area contributed by atoms with E-state index in [9.17, 15) is 4.79 Å². The van der Waals surface area contributed by atoms with Crippen molar-refractivity contribution in [1.29, 1.82) is 0 Å². The number of hydrogen-bond donors (Lipinski definition) is 1. The predicted octanol–water partition coefficient (Wildman–Crippen LogP) is 2.46. The second-order valence-corrected chi connectivity index (χ2v) is 5.04. The van der Waals surface area contributed by atoms with Crippen LogP contribution < -0.4 is 5.32 Å². The fourth-order valence-electron chi connectivity index (χ4n) is 1.76. The highest BCUT2D eigenvalue weighted by Gasteiger charge is 2.39. The Hall–Kier alpha value is -0.570. The number of hydrogen-bond acceptors (Lipinski definition) is 2. The second kappa shape index (κ2) is 6.89. The summed E-state index contributed by atoms with van der Waals surface area (Å²) in [6.07, 6.45) is 0. The zero-order valence-electron chi connectivity index (χ0n) is 11.6. The van der Waals surface area contributed by atoms with E-state index in [-0.39, 0.29) is 11.3 Å². The van der Waals surface area contributed by atoms with Gasteiger partial charge in [-0.05, 0) is 18.8 Å². The molecule has 3 heteroatoms. The van der Waals surface area contributed by atoms with Gasteiger partial charge in [-0.25, -0.2) is 0 Å². The molecule has 0 rings (SSSR count). The molecule has 96 valence electrons. The van der Waals surface area contributed by atoms with Gasteiger partial charge in [0.15, 0.2) is 0 Å². The van der Waals surface area contributed by atoms with Crippen molar-refractivity contribution in [3.63, 3.8) is 0 Å². The van der Waals surface area contributed by atoms with E-state index in [1.165, 1.54) is 0 Å². The molecule has 0 aromatic heterocycles. The van der Waals surface area contributed by atoms with Crippen molar-refractivity contribution in [3.05, 3.63) is 0 Å². The van der Waals surface area contributed by atoms with Crippen molar-refractivity contribution < 1.29 is 9.53 Å². The summed E-state index contributed by atoms with van der Waals surface area (Å²) in [5.41, 5.74) is -0.299. The topological polar surface area (TPSA) is 38.3 Å². The number of ether oxygens (including phenoxy) is 1. The summed E-state index contributed by atoms with van der Waals surface area (Å²) in [5.74, 6) is 0.802. The Kier molecular flexibility index (Phi) is 6.65. The van der Waals surface area contributed by atoms with Crippen molar-refractivity contribution in [1.82, 2.24) is 5.32 Å². The largest absolute Gasteiger partial charge is 0.380 e. The van der Waals surface area contributed by atoms with Crippen LogP contribution in [0.3, 0.4) is 0 Å². The first kappa shape index (κ1) is 15.4. The van der Waals surface area contributed by atoms with Gasteiger partial charge < -0.3 is 10.1 Å². The van der Waals surface area contributed by atoms with E-state index in [4.69, 9.17) is 4.74 Å². The van der Waals surface area contributed by atoms with E-state index in [2.05, 4.69) is 33.0 Å². The number of carbonyl (C=O) groups excluding carboxylic acids is 1. The van der Waals surface area contributed by atoms with Crippen molar-refractivity contribution in [3.8, 4) is 0 Å². The first-order chi connectivity index (χ1) is 7.37. The van der Waals surface area contributed by atoms with E-state index in [0.717, 1.165) is 0 Å². The van der Waals surface area contributed by atoms with Crippen LogP contribution in [0.5, 0.6) is 0 Å². The Morgan fingerprint density at radius 1 is 1.25 bits per heavy atom. The summed E-state index contributed by atoms with van der Waals surface area (Å²) in [6, 6.07) is 0. The molecule has 1 N–H and O–H groups in total. The minimum absolute atomic E-state index is 0.136. The van der Waals surface area contributed by atoms with Gasteiger partial charge >= 0.3 is 0 Å². The Labute approximate surface area is 99.9 Å². The fraction of sp³-hybridized carbons (Fsp3) is 0.923. The average Bonchev–Trinajstić information content (AvgIpc) is 2.22. The highest BCUT2D eigenvalue weighted by molar-refractivity contribution is 5.82. The van der Waals surface area contributed by atoms with Gasteiger partial charge in [0.2, 0.25) is 5.91 Å². The Bertz CT molecular complexity index is 204. The van der Waals surface area contributed by atoms with E-state index in [1.54, 1.807) is 0 Å². The Balaban J connectivity index is 4.30. The van der Waals surface area contributed by atoms with Gasteiger partial charge in [-0.1, -0.05) is 34.6 Å². The third kappa shape index (κ3) is 3.78. The third-order valence-electron chi connectivity index (χ3n) is 3.62. The van der Waals surface area contributed by atoms with Crippen LogP contribution in [-0.2, 0) is 9.53 Å². The molecular formula is C13H27NO2. The monoisotopic (exact) mass is 229 g/mol. The summed E-state index contributed by atoms with van der Waals surface area (Å²) < 4.78 is 5.20. The van der Waals surface area contributed by atoms with Crippen LogP contribution in [0.4, 0.5) is 0 Å². The number of rotatable bonds is 7. The van der Waals surface area contributed by atoms with Gasteiger partial charge in [0.25, 0.3) is 0 Å². The Morgan fingerprint density at radius 3 is 2.12 bits per heavy atom. The zero-order chi connectivity index (χ0) is 12.8. The molecular weight excluding hydrogens is 202 g/mol. The molecule has 0 aromatic rings. The minimum Gasteiger partial charge on any atom is -0.380 e. The standard InChI is InChI=1S/C13H27NO2/c1-7-16-9-8-14-12(15)13(6,10(2)3)11(4)5/h10-11H,7-9H2,1-6H3,(H,14,15). The second-order valence-electron chi connectivity index (χ2n) is 5.04. The van der Waals surface area contributed by atoms with E-state index < -0.39 is 0 Å². The molecule has 0 aliphatic carbocycles.